The highest BCUT2D eigenvalue weighted by atomic mass is 35.5. The SMILES string of the molecule is COc1cc(-c2noc(CN3CCNCC3)n2)ccc1C.Cl.Cl. The number of hydrogen-bond donors (Lipinski definition) is 1. The van der Waals surface area contributed by atoms with Crippen LogP contribution < -0.4 is 10.1 Å². The molecule has 0 atom stereocenters. The van der Waals surface area contributed by atoms with Crippen molar-refractivity contribution in [3.63, 3.8) is 0 Å². The molecule has 0 bridgehead atoms. The van der Waals surface area contributed by atoms with Crippen molar-refractivity contribution in [2.75, 3.05) is 33.3 Å². The quantitative estimate of drug-likeness (QED) is 0.902. The molecular formula is C15H22Cl2N4O2. The van der Waals surface area contributed by atoms with Gasteiger partial charge < -0.3 is 14.6 Å². The fourth-order valence-corrected chi connectivity index (χ4v) is 2.46. The van der Waals surface area contributed by atoms with Crippen molar-refractivity contribution in [3.8, 4) is 17.1 Å². The van der Waals surface area contributed by atoms with Gasteiger partial charge in [0.05, 0.1) is 13.7 Å². The fourth-order valence-electron chi connectivity index (χ4n) is 2.46. The monoisotopic (exact) mass is 360 g/mol. The van der Waals surface area contributed by atoms with Gasteiger partial charge in [0.1, 0.15) is 5.75 Å². The van der Waals surface area contributed by atoms with Crippen LogP contribution in [0, 0.1) is 6.92 Å². The third-order valence-electron chi connectivity index (χ3n) is 3.70. The molecular weight excluding hydrogens is 339 g/mol. The summed E-state index contributed by atoms with van der Waals surface area (Å²) in [5.41, 5.74) is 2.00. The minimum atomic E-state index is 0. The molecule has 8 heteroatoms. The highest BCUT2D eigenvalue weighted by Crippen LogP contribution is 2.25. The zero-order valence-corrected chi connectivity index (χ0v) is 14.9. The molecule has 1 aliphatic rings. The number of benzene rings is 1. The lowest BCUT2D eigenvalue weighted by atomic mass is 10.1. The number of rotatable bonds is 4. The summed E-state index contributed by atoms with van der Waals surface area (Å²) < 4.78 is 10.7. The molecule has 0 radical (unpaired) electrons. The highest BCUT2D eigenvalue weighted by molar-refractivity contribution is 5.85. The van der Waals surface area contributed by atoms with Crippen LogP contribution in [0.15, 0.2) is 22.7 Å². The lowest BCUT2D eigenvalue weighted by Gasteiger charge is -2.25. The van der Waals surface area contributed by atoms with E-state index in [2.05, 4.69) is 20.4 Å². The van der Waals surface area contributed by atoms with Crippen molar-refractivity contribution in [3.05, 3.63) is 29.7 Å². The first-order valence-corrected chi connectivity index (χ1v) is 7.17. The lowest BCUT2D eigenvalue weighted by molar-refractivity contribution is 0.203. The van der Waals surface area contributed by atoms with Crippen LogP contribution in [-0.4, -0.2) is 48.3 Å². The number of halogens is 2. The van der Waals surface area contributed by atoms with Crippen molar-refractivity contribution in [1.29, 1.82) is 0 Å². The van der Waals surface area contributed by atoms with Crippen LogP contribution in [0.2, 0.25) is 0 Å². The van der Waals surface area contributed by atoms with Crippen LogP contribution >= 0.6 is 24.8 Å². The normalized spacial score (nSPS) is 14.7. The second-order valence-corrected chi connectivity index (χ2v) is 5.22. The van der Waals surface area contributed by atoms with Crippen molar-refractivity contribution in [1.82, 2.24) is 20.4 Å². The number of aryl methyl sites for hydroxylation is 1. The molecule has 1 fully saturated rings. The summed E-state index contributed by atoms with van der Waals surface area (Å²) in [5.74, 6) is 2.10. The van der Waals surface area contributed by atoms with E-state index in [1.165, 1.54) is 0 Å². The number of methoxy groups -OCH3 is 1. The van der Waals surface area contributed by atoms with Crippen LogP contribution in [0.1, 0.15) is 11.5 Å². The fraction of sp³-hybridized carbons (Fsp3) is 0.467. The molecule has 6 nitrogen and oxygen atoms in total. The molecule has 1 aliphatic heterocycles. The smallest absolute Gasteiger partial charge is 0.241 e. The molecule has 128 valence electrons. The topological polar surface area (TPSA) is 63.4 Å². The lowest BCUT2D eigenvalue weighted by Crippen LogP contribution is -2.42. The molecule has 0 spiro atoms. The Labute approximate surface area is 148 Å². The molecule has 2 heterocycles. The van der Waals surface area contributed by atoms with Gasteiger partial charge in [-0.25, -0.2) is 0 Å². The van der Waals surface area contributed by atoms with Crippen LogP contribution in [0.3, 0.4) is 0 Å². The van der Waals surface area contributed by atoms with Gasteiger partial charge in [-0.2, -0.15) is 4.98 Å². The van der Waals surface area contributed by atoms with Gasteiger partial charge in [-0.3, -0.25) is 4.90 Å². The molecule has 1 saturated heterocycles. The minimum absolute atomic E-state index is 0. The Kier molecular flexibility index (Phi) is 7.78. The van der Waals surface area contributed by atoms with E-state index in [-0.39, 0.29) is 24.8 Å². The molecule has 3 rings (SSSR count). The first-order chi connectivity index (χ1) is 10.3. The summed E-state index contributed by atoms with van der Waals surface area (Å²) in [6.45, 7) is 6.75. The van der Waals surface area contributed by atoms with Crippen molar-refractivity contribution < 1.29 is 9.26 Å². The average molecular weight is 361 g/mol. The molecule has 0 aliphatic carbocycles. The van der Waals surface area contributed by atoms with Crippen LogP contribution in [0.25, 0.3) is 11.4 Å². The first-order valence-electron chi connectivity index (χ1n) is 7.17. The Morgan fingerprint density at radius 3 is 2.70 bits per heavy atom. The van der Waals surface area contributed by atoms with Gasteiger partial charge in [0.2, 0.25) is 11.7 Å². The zero-order chi connectivity index (χ0) is 14.7. The maximum Gasteiger partial charge on any atom is 0.241 e. The standard InChI is InChI=1S/C15H20N4O2.2ClH/c1-11-3-4-12(9-13(11)20-2)15-17-14(21-18-15)10-19-7-5-16-6-8-19;;/h3-4,9,16H,5-8,10H2,1-2H3;2*1H. The molecule has 1 aromatic carbocycles. The Morgan fingerprint density at radius 2 is 2.00 bits per heavy atom. The number of ether oxygens (including phenoxy) is 1. The predicted molar refractivity (Wildman–Crippen MR) is 93.7 cm³/mol. The van der Waals surface area contributed by atoms with Gasteiger partial charge >= 0.3 is 0 Å². The number of nitrogens with one attached hydrogen (secondary N) is 1. The van der Waals surface area contributed by atoms with E-state index in [4.69, 9.17) is 9.26 Å². The van der Waals surface area contributed by atoms with Gasteiger partial charge in [-0.1, -0.05) is 17.3 Å². The molecule has 0 saturated carbocycles. The average Bonchev–Trinajstić information content (AvgIpc) is 2.97. The summed E-state index contributed by atoms with van der Waals surface area (Å²) in [7, 11) is 1.66. The van der Waals surface area contributed by atoms with Gasteiger partial charge in [-0.15, -0.1) is 24.8 Å². The zero-order valence-electron chi connectivity index (χ0n) is 13.2. The van der Waals surface area contributed by atoms with Gasteiger partial charge in [-0.05, 0) is 18.6 Å². The van der Waals surface area contributed by atoms with Gasteiger partial charge in [0.15, 0.2) is 0 Å². The highest BCUT2D eigenvalue weighted by Gasteiger charge is 2.15. The summed E-state index contributed by atoms with van der Waals surface area (Å²) in [6.07, 6.45) is 0. The molecule has 0 amide bonds. The van der Waals surface area contributed by atoms with Crippen LogP contribution in [0.5, 0.6) is 5.75 Å². The third kappa shape index (κ3) is 4.81. The molecule has 23 heavy (non-hydrogen) atoms. The van der Waals surface area contributed by atoms with Crippen LogP contribution in [0.4, 0.5) is 0 Å². The van der Waals surface area contributed by atoms with E-state index in [9.17, 15) is 0 Å². The van der Waals surface area contributed by atoms with Crippen LogP contribution in [-0.2, 0) is 6.54 Å². The largest absolute Gasteiger partial charge is 0.496 e. The molecule has 0 unspecified atom stereocenters. The second kappa shape index (κ2) is 9.08. The molecule has 1 N–H and O–H groups in total. The minimum Gasteiger partial charge on any atom is -0.496 e. The number of aromatic nitrogens is 2. The molecule has 1 aromatic heterocycles. The summed E-state index contributed by atoms with van der Waals surface area (Å²) >= 11 is 0. The number of hydrogen-bond acceptors (Lipinski definition) is 6. The first kappa shape index (κ1) is 19.7. The third-order valence-corrected chi connectivity index (χ3v) is 3.70. The van der Waals surface area contributed by atoms with Crippen molar-refractivity contribution >= 4 is 24.8 Å². The van der Waals surface area contributed by atoms with E-state index in [0.29, 0.717) is 18.3 Å². The maximum atomic E-state index is 5.36. The summed E-state index contributed by atoms with van der Waals surface area (Å²) in [6, 6.07) is 5.92. The Balaban J connectivity index is 0.00000132. The Hall–Kier alpha value is -1.34. The summed E-state index contributed by atoms with van der Waals surface area (Å²) in [5, 5.41) is 7.40. The summed E-state index contributed by atoms with van der Waals surface area (Å²) in [4.78, 5) is 6.79. The number of nitrogens with zero attached hydrogens (tertiary/aromatic N) is 3. The van der Waals surface area contributed by atoms with Crippen molar-refractivity contribution in [2.24, 2.45) is 0 Å². The van der Waals surface area contributed by atoms with E-state index >= 15 is 0 Å². The van der Waals surface area contributed by atoms with E-state index in [0.717, 1.165) is 43.1 Å². The van der Waals surface area contributed by atoms with E-state index in [1.54, 1.807) is 7.11 Å². The van der Waals surface area contributed by atoms with Crippen molar-refractivity contribution in [2.45, 2.75) is 13.5 Å². The second-order valence-electron chi connectivity index (χ2n) is 5.22. The van der Waals surface area contributed by atoms with E-state index < -0.39 is 0 Å². The predicted octanol–water partition coefficient (Wildman–Crippen LogP) is 2.30. The Morgan fingerprint density at radius 1 is 1.26 bits per heavy atom. The number of piperazine rings is 1. The maximum absolute atomic E-state index is 5.36. The van der Waals surface area contributed by atoms with Gasteiger partial charge in [0.25, 0.3) is 0 Å². The molecule has 2 aromatic rings. The van der Waals surface area contributed by atoms with E-state index in [1.807, 2.05) is 25.1 Å². The Bertz CT molecular complexity index is 615. The van der Waals surface area contributed by atoms with Gasteiger partial charge in [0, 0.05) is 31.7 Å².